The van der Waals surface area contributed by atoms with E-state index in [0.717, 1.165) is 17.7 Å². The predicted molar refractivity (Wildman–Crippen MR) is 112 cm³/mol. The molecule has 3 aromatic rings. The van der Waals surface area contributed by atoms with Crippen molar-refractivity contribution in [1.82, 2.24) is 4.98 Å². The molecule has 0 bridgehead atoms. The molecular weight excluding hydrogens is 366 g/mol. The highest BCUT2D eigenvalue weighted by Gasteiger charge is 2.31. The molecule has 29 heavy (non-hydrogen) atoms. The molecule has 1 aliphatic rings. The summed E-state index contributed by atoms with van der Waals surface area (Å²) in [5, 5.41) is 2.81. The number of rotatable bonds is 4. The Morgan fingerprint density at radius 3 is 2.62 bits per heavy atom. The highest BCUT2D eigenvalue weighted by atomic mass is 16.5. The van der Waals surface area contributed by atoms with Gasteiger partial charge in [0.15, 0.2) is 0 Å². The summed E-state index contributed by atoms with van der Waals surface area (Å²) in [6, 6.07) is 16.7. The van der Waals surface area contributed by atoms with E-state index in [9.17, 15) is 9.59 Å². The Labute approximate surface area is 169 Å². The molecule has 2 amide bonds. The smallest absolute Gasteiger partial charge is 0.260 e. The molecule has 2 aromatic carbocycles. The average Bonchev–Trinajstić information content (AvgIpc) is 3.09. The molecule has 0 saturated heterocycles. The summed E-state index contributed by atoms with van der Waals surface area (Å²) in [5.74, 6) is 0.0388. The number of fused-ring (bicyclic) bond motifs is 1. The van der Waals surface area contributed by atoms with E-state index >= 15 is 0 Å². The monoisotopic (exact) mass is 387 g/mol. The third-order valence-electron chi connectivity index (χ3n) is 5.03. The molecule has 4 rings (SSSR count). The second-order valence-electron chi connectivity index (χ2n) is 6.97. The molecule has 0 aliphatic carbocycles. The molecule has 1 aromatic heterocycles. The Kier molecular flexibility index (Phi) is 4.99. The van der Waals surface area contributed by atoms with Crippen molar-refractivity contribution in [3.63, 3.8) is 0 Å². The second-order valence-corrected chi connectivity index (χ2v) is 6.97. The lowest BCUT2D eigenvalue weighted by Crippen LogP contribution is -2.35. The third-order valence-corrected chi connectivity index (χ3v) is 5.03. The van der Waals surface area contributed by atoms with Gasteiger partial charge in [-0.3, -0.25) is 14.6 Å². The van der Waals surface area contributed by atoms with Gasteiger partial charge in [-0.2, -0.15) is 0 Å². The van der Waals surface area contributed by atoms with Crippen molar-refractivity contribution in [2.45, 2.75) is 19.4 Å². The topological polar surface area (TPSA) is 71.5 Å². The first-order valence-electron chi connectivity index (χ1n) is 9.39. The molecule has 0 fully saturated rings. The summed E-state index contributed by atoms with van der Waals surface area (Å²) in [7, 11) is 1.54. The summed E-state index contributed by atoms with van der Waals surface area (Å²) in [5.41, 5.74) is 3.29. The molecule has 146 valence electrons. The van der Waals surface area contributed by atoms with Crippen molar-refractivity contribution in [3.05, 3.63) is 83.7 Å². The molecule has 0 saturated carbocycles. The SMILES string of the molecule is COc1ccccc1NC(=O)c1cncc(C(=O)N2c3ccccc3CC2C)c1. The summed E-state index contributed by atoms with van der Waals surface area (Å²) in [6.07, 6.45) is 3.75. The molecule has 1 atom stereocenters. The molecule has 0 radical (unpaired) electrons. The van der Waals surface area contributed by atoms with E-state index in [-0.39, 0.29) is 17.9 Å². The highest BCUT2D eigenvalue weighted by molar-refractivity contribution is 6.10. The predicted octanol–water partition coefficient (Wildman–Crippen LogP) is 3.93. The average molecular weight is 387 g/mol. The van der Waals surface area contributed by atoms with E-state index in [1.165, 1.54) is 12.4 Å². The molecule has 2 heterocycles. The largest absolute Gasteiger partial charge is 0.495 e. The van der Waals surface area contributed by atoms with E-state index in [2.05, 4.69) is 10.3 Å². The Balaban J connectivity index is 1.59. The maximum Gasteiger partial charge on any atom is 0.260 e. The van der Waals surface area contributed by atoms with Crippen LogP contribution in [-0.4, -0.2) is 29.9 Å². The maximum absolute atomic E-state index is 13.2. The van der Waals surface area contributed by atoms with Gasteiger partial charge in [0.25, 0.3) is 11.8 Å². The number of nitrogens with zero attached hydrogens (tertiary/aromatic N) is 2. The third kappa shape index (κ3) is 3.57. The molecule has 1 N–H and O–H groups in total. The standard InChI is InChI=1S/C23H21N3O3/c1-15-11-16-7-3-5-9-20(16)26(15)23(28)18-12-17(13-24-14-18)22(27)25-19-8-4-6-10-21(19)29-2/h3-10,12-15H,11H2,1-2H3,(H,25,27). The lowest BCUT2D eigenvalue weighted by Gasteiger charge is -2.22. The summed E-state index contributed by atoms with van der Waals surface area (Å²) < 4.78 is 5.27. The number of anilines is 2. The number of carbonyl (C=O) groups excluding carboxylic acids is 2. The number of nitrogens with one attached hydrogen (secondary N) is 1. The van der Waals surface area contributed by atoms with E-state index in [4.69, 9.17) is 4.74 Å². The fourth-order valence-corrected chi connectivity index (χ4v) is 3.64. The number of aromatic nitrogens is 1. The number of ether oxygens (including phenoxy) is 1. The van der Waals surface area contributed by atoms with Gasteiger partial charge in [0.1, 0.15) is 5.75 Å². The molecule has 6 nitrogen and oxygen atoms in total. The van der Waals surface area contributed by atoms with Crippen molar-refractivity contribution in [2.24, 2.45) is 0 Å². The number of pyridine rings is 1. The van der Waals surface area contributed by atoms with Crippen LogP contribution in [0.5, 0.6) is 5.75 Å². The Hall–Kier alpha value is -3.67. The van der Waals surface area contributed by atoms with Gasteiger partial charge in [0, 0.05) is 24.1 Å². The van der Waals surface area contributed by atoms with Gasteiger partial charge in [0.2, 0.25) is 0 Å². The van der Waals surface area contributed by atoms with Crippen molar-refractivity contribution in [1.29, 1.82) is 0 Å². The molecule has 0 spiro atoms. The van der Waals surface area contributed by atoms with Crippen LogP contribution in [0.1, 0.15) is 33.2 Å². The number of benzene rings is 2. The maximum atomic E-state index is 13.2. The van der Waals surface area contributed by atoms with Crippen molar-refractivity contribution in [2.75, 3.05) is 17.3 Å². The van der Waals surface area contributed by atoms with Crippen LogP contribution in [0.4, 0.5) is 11.4 Å². The van der Waals surface area contributed by atoms with E-state index < -0.39 is 0 Å². The van der Waals surface area contributed by atoms with Gasteiger partial charge in [-0.25, -0.2) is 0 Å². The number of hydrogen-bond acceptors (Lipinski definition) is 4. The minimum atomic E-state index is -0.355. The van der Waals surface area contributed by atoms with Crippen molar-refractivity contribution >= 4 is 23.2 Å². The first kappa shape index (κ1) is 18.7. The van der Waals surface area contributed by atoms with Crippen LogP contribution >= 0.6 is 0 Å². The Morgan fingerprint density at radius 2 is 1.79 bits per heavy atom. The van der Waals surface area contributed by atoms with Gasteiger partial charge in [0.05, 0.1) is 23.9 Å². The van der Waals surface area contributed by atoms with Gasteiger partial charge in [-0.1, -0.05) is 30.3 Å². The summed E-state index contributed by atoms with van der Waals surface area (Å²) in [4.78, 5) is 31.8. The van der Waals surface area contributed by atoms with Crippen LogP contribution in [0.3, 0.4) is 0 Å². The zero-order valence-corrected chi connectivity index (χ0v) is 16.3. The lowest BCUT2D eigenvalue weighted by atomic mass is 10.1. The van der Waals surface area contributed by atoms with Gasteiger partial charge in [-0.05, 0) is 43.2 Å². The number of carbonyl (C=O) groups is 2. The second kappa shape index (κ2) is 7.75. The van der Waals surface area contributed by atoms with Crippen LogP contribution in [0, 0.1) is 0 Å². The van der Waals surface area contributed by atoms with Crippen LogP contribution in [0.25, 0.3) is 0 Å². The minimum absolute atomic E-state index is 0.0472. The van der Waals surface area contributed by atoms with Gasteiger partial charge >= 0.3 is 0 Å². The number of methoxy groups -OCH3 is 1. The van der Waals surface area contributed by atoms with Gasteiger partial charge in [-0.15, -0.1) is 0 Å². The Morgan fingerprint density at radius 1 is 1.07 bits per heavy atom. The molecule has 1 unspecified atom stereocenters. The zero-order chi connectivity index (χ0) is 20.4. The number of amides is 2. The molecular formula is C23H21N3O3. The number of para-hydroxylation sites is 3. The first-order valence-corrected chi connectivity index (χ1v) is 9.39. The summed E-state index contributed by atoms with van der Waals surface area (Å²) in [6.45, 7) is 2.02. The fourth-order valence-electron chi connectivity index (χ4n) is 3.64. The zero-order valence-electron chi connectivity index (χ0n) is 16.3. The van der Waals surface area contributed by atoms with E-state index in [1.807, 2.05) is 43.3 Å². The van der Waals surface area contributed by atoms with Gasteiger partial charge < -0.3 is 15.0 Å². The molecule has 1 aliphatic heterocycles. The van der Waals surface area contributed by atoms with E-state index in [1.54, 1.807) is 30.2 Å². The van der Waals surface area contributed by atoms with Crippen LogP contribution in [0.15, 0.2) is 67.0 Å². The van der Waals surface area contributed by atoms with E-state index in [0.29, 0.717) is 22.6 Å². The normalized spacial score (nSPS) is 15.0. The van der Waals surface area contributed by atoms with Crippen molar-refractivity contribution in [3.8, 4) is 5.75 Å². The van der Waals surface area contributed by atoms with Crippen LogP contribution < -0.4 is 15.0 Å². The van der Waals surface area contributed by atoms with Crippen LogP contribution in [-0.2, 0) is 6.42 Å². The van der Waals surface area contributed by atoms with Crippen LogP contribution in [0.2, 0.25) is 0 Å². The fraction of sp³-hybridized carbons (Fsp3) is 0.174. The summed E-state index contributed by atoms with van der Waals surface area (Å²) >= 11 is 0. The minimum Gasteiger partial charge on any atom is -0.495 e. The molecule has 6 heteroatoms. The van der Waals surface area contributed by atoms with Crippen molar-refractivity contribution < 1.29 is 14.3 Å². The Bertz CT molecular complexity index is 1080. The highest BCUT2D eigenvalue weighted by Crippen LogP contribution is 2.33. The lowest BCUT2D eigenvalue weighted by molar-refractivity contribution is 0.0981. The number of hydrogen-bond donors (Lipinski definition) is 1. The first-order chi connectivity index (χ1) is 14.1. The quantitative estimate of drug-likeness (QED) is 0.736.